The van der Waals surface area contributed by atoms with Crippen LogP contribution in [-0.2, 0) is 4.74 Å². The van der Waals surface area contributed by atoms with Crippen molar-refractivity contribution in [2.24, 2.45) is 0 Å². The first-order valence-corrected chi connectivity index (χ1v) is 7.13. The molecule has 0 atom stereocenters. The van der Waals surface area contributed by atoms with E-state index in [-0.39, 0.29) is 5.91 Å². The van der Waals surface area contributed by atoms with E-state index in [1.54, 1.807) is 18.1 Å². The van der Waals surface area contributed by atoms with Gasteiger partial charge in [0, 0.05) is 38.6 Å². The summed E-state index contributed by atoms with van der Waals surface area (Å²) in [7, 11) is 1.78. The number of amides is 1. The highest BCUT2D eigenvalue weighted by atomic mass is 16.5. The Morgan fingerprint density at radius 2 is 2.20 bits per heavy atom. The Labute approximate surface area is 121 Å². The highest BCUT2D eigenvalue weighted by Gasteiger charge is 2.16. The molecule has 0 aliphatic carbocycles. The highest BCUT2D eigenvalue weighted by molar-refractivity contribution is 5.99. The predicted molar refractivity (Wildman–Crippen MR) is 81.2 cm³/mol. The summed E-state index contributed by atoms with van der Waals surface area (Å²) in [6, 6.07) is 1.92. The summed E-state index contributed by atoms with van der Waals surface area (Å²) < 4.78 is 5.28. The molecule has 0 aromatic carbocycles. The number of nitrogens with one attached hydrogen (secondary N) is 1. The van der Waals surface area contributed by atoms with E-state index in [0.717, 1.165) is 24.3 Å². The number of hydrogen-bond donors (Lipinski definition) is 1. The largest absolute Gasteiger partial charge is 0.384 e. The van der Waals surface area contributed by atoms with Crippen LogP contribution in [-0.4, -0.2) is 49.1 Å². The number of likely N-dealkylation sites (N-methyl/N-ethyl adjacent to an activating group) is 1. The molecule has 0 aliphatic heterocycles. The van der Waals surface area contributed by atoms with Crippen molar-refractivity contribution in [1.29, 1.82) is 0 Å². The van der Waals surface area contributed by atoms with E-state index in [9.17, 15) is 4.79 Å². The van der Waals surface area contributed by atoms with Gasteiger partial charge in [-0.1, -0.05) is 6.92 Å². The molecular formula is C15H25N3O2. The summed E-state index contributed by atoms with van der Waals surface area (Å²) >= 11 is 0. The van der Waals surface area contributed by atoms with Crippen LogP contribution in [0.25, 0.3) is 0 Å². The Hall–Kier alpha value is -1.62. The lowest BCUT2D eigenvalue weighted by Crippen LogP contribution is -2.31. The molecule has 1 amide bonds. The third kappa shape index (κ3) is 4.81. The van der Waals surface area contributed by atoms with E-state index in [2.05, 4.69) is 17.2 Å². The van der Waals surface area contributed by atoms with Crippen molar-refractivity contribution >= 4 is 11.6 Å². The SMILES string of the molecule is CCCNc1cc(C)ncc1C(=O)N(C)CCOCC. The minimum absolute atomic E-state index is 0.0317. The number of ether oxygens (including phenoxy) is 1. The van der Waals surface area contributed by atoms with Crippen LogP contribution >= 0.6 is 0 Å². The minimum atomic E-state index is -0.0317. The third-order valence-electron chi connectivity index (χ3n) is 2.96. The first-order valence-electron chi connectivity index (χ1n) is 7.13. The molecule has 1 heterocycles. The van der Waals surface area contributed by atoms with Gasteiger partial charge < -0.3 is 15.0 Å². The molecule has 0 saturated carbocycles. The molecule has 1 N–H and O–H groups in total. The smallest absolute Gasteiger partial charge is 0.257 e. The zero-order chi connectivity index (χ0) is 15.0. The number of carbonyl (C=O) groups excluding carboxylic acids is 1. The monoisotopic (exact) mass is 279 g/mol. The fourth-order valence-corrected chi connectivity index (χ4v) is 1.79. The number of nitrogens with zero attached hydrogens (tertiary/aromatic N) is 2. The van der Waals surface area contributed by atoms with Crippen molar-refractivity contribution in [1.82, 2.24) is 9.88 Å². The van der Waals surface area contributed by atoms with Crippen molar-refractivity contribution in [3.05, 3.63) is 23.5 Å². The highest BCUT2D eigenvalue weighted by Crippen LogP contribution is 2.17. The number of aromatic nitrogens is 1. The van der Waals surface area contributed by atoms with Crippen LogP contribution in [0.4, 0.5) is 5.69 Å². The number of rotatable bonds is 8. The van der Waals surface area contributed by atoms with E-state index in [4.69, 9.17) is 4.74 Å². The van der Waals surface area contributed by atoms with Crippen LogP contribution < -0.4 is 5.32 Å². The molecule has 1 rings (SSSR count). The van der Waals surface area contributed by atoms with Crippen molar-refractivity contribution < 1.29 is 9.53 Å². The lowest BCUT2D eigenvalue weighted by atomic mass is 10.2. The van der Waals surface area contributed by atoms with Gasteiger partial charge in [-0.15, -0.1) is 0 Å². The standard InChI is InChI=1S/C15H25N3O2/c1-5-7-16-14-10-12(3)17-11-13(14)15(19)18(4)8-9-20-6-2/h10-11H,5-9H2,1-4H3,(H,16,17). The molecule has 1 aromatic rings. The van der Waals surface area contributed by atoms with Gasteiger partial charge in [0.05, 0.1) is 17.9 Å². The second-order valence-electron chi connectivity index (χ2n) is 4.72. The summed E-state index contributed by atoms with van der Waals surface area (Å²) in [5.41, 5.74) is 2.37. The average molecular weight is 279 g/mol. The molecule has 20 heavy (non-hydrogen) atoms. The number of pyridine rings is 1. The maximum atomic E-state index is 12.4. The molecule has 5 heteroatoms. The zero-order valence-electron chi connectivity index (χ0n) is 12.9. The lowest BCUT2D eigenvalue weighted by Gasteiger charge is -2.19. The van der Waals surface area contributed by atoms with E-state index >= 15 is 0 Å². The number of aryl methyl sites for hydroxylation is 1. The first kappa shape index (κ1) is 16.4. The van der Waals surface area contributed by atoms with Gasteiger partial charge in [-0.3, -0.25) is 9.78 Å². The Kier molecular flexibility index (Phi) is 7.01. The Bertz CT molecular complexity index is 435. The van der Waals surface area contributed by atoms with Gasteiger partial charge in [0.1, 0.15) is 0 Å². The van der Waals surface area contributed by atoms with Crippen LogP contribution in [0.2, 0.25) is 0 Å². The van der Waals surface area contributed by atoms with Gasteiger partial charge in [0.25, 0.3) is 5.91 Å². The van der Waals surface area contributed by atoms with Crippen molar-refractivity contribution in [3.8, 4) is 0 Å². The molecule has 0 fully saturated rings. The van der Waals surface area contributed by atoms with Gasteiger partial charge >= 0.3 is 0 Å². The molecule has 112 valence electrons. The molecule has 0 spiro atoms. The van der Waals surface area contributed by atoms with Gasteiger partial charge in [-0.05, 0) is 26.3 Å². The van der Waals surface area contributed by atoms with Crippen molar-refractivity contribution in [2.75, 3.05) is 38.7 Å². The summed E-state index contributed by atoms with van der Waals surface area (Å²) in [4.78, 5) is 18.3. The minimum Gasteiger partial charge on any atom is -0.384 e. The fourth-order valence-electron chi connectivity index (χ4n) is 1.79. The van der Waals surface area contributed by atoms with Crippen LogP contribution in [0.5, 0.6) is 0 Å². The molecule has 0 saturated heterocycles. The van der Waals surface area contributed by atoms with Crippen LogP contribution in [0.15, 0.2) is 12.3 Å². The number of carbonyl (C=O) groups is 1. The topological polar surface area (TPSA) is 54.5 Å². The molecule has 0 aliphatic rings. The molecule has 1 aromatic heterocycles. The number of anilines is 1. The van der Waals surface area contributed by atoms with Crippen molar-refractivity contribution in [2.45, 2.75) is 27.2 Å². The summed E-state index contributed by atoms with van der Waals surface area (Å²) in [6.45, 7) is 8.59. The Balaban J connectivity index is 2.79. The van der Waals surface area contributed by atoms with Gasteiger partial charge in [-0.2, -0.15) is 0 Å². The lowest BCUT2D eigenvalue weighted by molar-refractivity contribution is 0.0710. The molecule has 0 bridgehead atoms. The normalized spacial score (nSPS) is 10.4. The second kappa shape index (κ2) is 8.53. The van der Waals surface area contributed by atoms with E-state index in [0.29, 0.717) is 25.3 Å². The summed E-state index contributed by atoms with van der Waals surface area (Å²) in [5, 5.41) is 3.29. The second-order valence-corrected chi connectivity index (χ2v) is 4.72. The first-order chi connectivity index (χ1) is 9.60. The van der Waals surface area contributed by atoms with E-state index in [1.807, 2.05) is 19.9 Å². The van der Waals surface area contributed by atoms with Crippen LogP contribution in [0, 0.1) is 6.92 Å². The van der Waals surface area contributed by atoms with Crippen molar-refractivity contribution in [3.63, 3.8) is 0 Å². The van der Waals surface area contributed by atoms with Gasteiger partial charge in [-0.25, -0.2) is 0 Å². The summed E-state index contributed by atoms with van der Waals surface area (Å²) in [5.74, 6) is -0.0317. The van der Waals surface area contributed by atoms with Gasteiger partial charge in [0.2, 0.25) is 0 Å². The predicted octanol–water partition coefficient (Wildman–Crippen LogP) is 2.32. The number of hydrogen-bond acceptors (Lipinski definition) is 4. The van der Waals surface area contributed by atoms with E-state index < -0.39 is 0 Å². The van der Waals surface area contributed by atoms with Gasteiger partial charge in [0.15, 0.2) is 0 Å². The van der Waals surface area contributed by atoms with Crippen LogP contribution in [0.1, 0.15) is 36.3 Å². The zero-order valence-corrected chi connectivity index (χ0v) is 12.9. The fraction of sp³-hybridized carbons (Fsp3) is 0.600. The maximum absolute atomic E-state index is 12.4. The Morgan fingerprint density at radius 1 is 1.45 bits per heavy atom. The summed E-state index contributed by atoms with van der Waals surface area (Å²) in [6.07, 6.45) is 2.65. The third-order valence-corrected chi connectivity index (χ3v) is 2.96. The molecule has 0 unspecified atom stereocenters. The van der Waals surface area contributed by atoms with E-state index in [1.165, 1.54) is 0 Å². The molecular weight excluding hydrogens is 254 g/mol. The molecule has 5 nitrogen and oxygen atoms in total. The van der Waals surface area contributed by atoms with Crippen LogP contribution in [0.3, 0.4) is 0 Å². The molecule has 0 radical (unpaired) electrons. The average Bonchev–Trinajstić information content (AvgIpc) is 2.44. The maximum Gasteiger partial charge on any atom is 0.257 e. The Morgan fingerprint density at radius 3 is 2.85 bits per heavy atom. The quantitative estimate of drug-likeness (QED) is 0.742.